The second-order valence-electron chi connectivity index (χ2n) is 9.46. The number of benzene rings is 2. The number of rotatable bonds is 8. The predicted molar refractivity (Wildman–Crippen MR) is 201 cm³/mol. The van der Waals surface area contributed by atoms with E-state index in [2.05, 4.69) is 106 Å². The molecule has 3 atom stereocenters. The van der Waals surface area contributed by atoms with E-state index in [1.165, 1.54) is 0 Å². The molecule has 1 fully saturated rings. The minimum Gasteiger partial charge on any atom is -0.451 e. The Morgan fingerprint density at radius 2 is 1.26 bits per heavy atom. The lowest BCUT2D eigenvalue weighted by Crippen LogP contribution is -2.50. The van der Waals surface area contributed by atoms with Gasteiger partial charge in [0, 0.05) is 33.5 Å². The van der Waals surface area contributed by atoms with E-state index in [1.54, 1.807) is 12.1 Å². The first-order valence-electron chi connectivity index (χ1n) is 11.9. The fraction of sp³-hybridized carbons (Fsp3) is 0.375. The van der Waals surface area contributed by atoms with E-state index >= 15 is 0 Å². The molecule has 0 aliphatic heterocycles. The van der Waals surface area contributed by atoms with Crippen LogP contribution in [0.25, 0.3) is 0 Å². The molecule has 3 N–H and O–H groups in total. The average molecular weight is 1300 g/mol. The molecule has 3 rings (SSSR count). The second kappa shape index (κ2) is 15.9. The summed E-state index contributed by atoms with van der Waals surface area (Å²) in [7, 11) is -5.13. The van der Waals surface area contributed by atoms with Gasteiger partial charge < -0.3 is 15.4 Å². The molecule has 0 heterocycles. The lowest BCUT2D eigenvalue weighted by atomic mass is 9.82. The predicted octanol–water partition coefficient (Wildman–Crippen LogP) is 6.37. The van der Waals surface area contributed by atoms with Gasteiger partial charge in [0.05, 0.1) is 17.0 Å². The van der Waals surface area contributed by atoms with Crippen LogP contribution in [0.4, 0.5) is 13.2 Å². The minimum absolute atomic E-state index is 0.121. The SMILES string of the molecule is O=C(NC1CC(NC(=O)c2cc(I)cc(I)c2I)CC(C(=O)OC(CS(=O)(=O)O)C(F)(F)F)C1)c1cc(I)cc(I)c1I. The molecule has 1 saturated carbocycles. The van der Waals surface area contributed by atoms with E-state index in [1.807, 2.05) is 57.3 Å². The molecule has 0 bridgehead atoms. The van der Waals surface area contributed by atoms with Crippen LogP contribution in [0.2, 0.25) is 0 Å². The van der Waals surface area contributed by atoms with E-state index in [9.17, 15) is 36.0 Å². The highest BCUT2D eigenvalue weighted by Gasteiger charge is 2.47. The van der Waals surface area contributed by atoms with Crippen molar-refractivity contribution >= 4 is 163 Å². The first kappa shape index (κ1) is 38.4. The number of carbonyl (C=O) groups is 3. The van der Waals surface area contributed by atoms with Crippen molar-refractivity contribution in [3.8, 4) is 0 Å². The zero-order valence-electron chi connectivity index (χ0n) is 21.2. The number of hydrogen-bond acceptors (Lipinski definition) is 6. The van der Waals surface area contributed by atoms with Crippen LogP contribution in [-0.2, 0) is 19.6 Å². The molecule has 236 valence electrons. The highest BCUT2D eigenvalue weighted by atomic mass is 127. The molecular weight excluding hydrogens is 1280 g/mol. The summed E-state index contributed by atoms with van der Waals surface area (Å²) in [5, 5.41) is 5.68. The van der Waals surface area contributed by atoms with E-state index < -0.39 is 63.9 Å². The molecule has 1 aliphatic rings. The Balaban J connectivity index is 1.89. The van der Waals surface area contributed by atoms with Crippen molar-refractivity contribution in [3.63, 3.8) is 0 Å². The average Bonchev–Trinajstić information content (AvgIpc) is 2.86. The third kappa shape index (κ3) is 11.3. The minimum atomic E-state index is -5.27. The van der Waals surface area contributed by atoms with Crippen molar-refractivity contribution in [2.75, 3.05) is 5.75 Å². The zero-order valence-corrected chi connectivity index (χ0v) is 34.9. The standard InChI is InChI=1S/C24H19F3I6N2O7S/c25-24(26,27)18(8-43(39,40)41)42-23(38)9-1-12(34-21(36)14-3-10(28)5-16(30)19(14)32)7-13(2-9)35-22(37)15-4-11(29)6-17(31)20(15)33/h3-6,9,12-13,18H,1-2,7-8H2,(H,34,36)(H,35,37)(H,39,40,41). The van der Waals surface area contributed by atoms with E-state index in [-0.39, 0.29) is 19.3 Å². The molecule has 2 aromatic carbocycles. The lowest BCUT2D eigenvalue weighted by Gasteiger charge is -2.35. The number of esters is 1. The van der Waals surface area contributed by atoms with Gasteiger partial charge >= 0.3 is 12.1 Å². The molecule has 0 radical (unpaired) electrons. The Bertz CT molecular complexity index is 1460. The molecule has 9 nitrogen and oxygen atoms in total. The summed E-state index contributed by atoms with van der Waals surface area (Å²) in [5.41, 5.74) is 0.742. The topological polar surface area (TPSA) is 139 Å². The zero-order chi connectivity index (χ0) is 32.4. The smallest absolute Gasteiger partial charge is 0.426 e. The van der Waals surface area contributed by atoms with Gasteiger partial charge in [0.1, 0.15) is 5.75 Å². The quantitative estimate of drug-likeness (QED) is 0.121. The molecule has 2 aromatic rings. The van der Waals surface area contributed by atoms with Gasteiger partial charge in [0.25, 0.3) is 21.9 Å². The first-order valence-corrected chi connectivity index (χ1v) is 20.0. The van der Waals surface area contributed by atoms with E-state index in [4.69, 9.17) is 4.55 Å². The van der Waals surface area contributed by atoms with Crippen molar-refractivity contribution in [1.82, 2.24) is 10.6 Å². The Morgan fingerprint density at radius 3 is 1.63 bits per heavy atom. The summed E-state index contributed by atoms with van der Waals surface area (Å²) >= 11 is 12.4. The summed E-state index contributed by atoms with van der Waals surface area (Å²) < 4.78 is 81.0. The normalized spacial score (nSPS) is 19.8. The van der Waals surface area contributed by atoms with E-state index in [0.29, 0.717) is 18.3 Å². The number of halogens is 9. The second-order valence-corrected chi connectivity index (χ2v) is 17.9. The molecule has 3 unspecified atom stereocenters. The number of ether oxygens (including phenoxy) is 1. The van der Waals surface area contributed by atoms with Gasteiger partial charge in [0.2, 0.25) is 6.10 Å². The largest absolute Gasteiger partial charge is 0.451 e. The van der Waals surface area contributed by atoms with Gasteiger partial charge in [-0.1, -0.05) is 0 Å². The van der Waals surface area contributed by atoms with Crippen molar-refractivity contribution in [2.45, 2.75) is 43.6 Å². The van der Waals surface area contributed by atoms with Crippen LogP contribution in [0, 0.1) is 27.3 Å². The number of hydrogen-bond donors (Lipinski definition) is 3. The van der Waals surface area contributed by atoms with Crippen LogP contribution in [0.5, 0.6) is 0 Å². The van der Waals surface area contributed by atoms with Crippen LogP contribution in [0.1, 0.15) is 40.0 Å². The molecule has 19 heteroatoms. The summed E-state index contributed by atoms with van der Waals surface area (Å²) in [6.07, 6.45) is -8.43. The highest BCUT2D eigenvalue weighted by molar-refractivity contribution is 14.1. The molecule has 0 spiro atoms. The Kier molecular flexibility index (Phi) is 14.2. The Morgan fingerprint density at radius 1 is 0.837 bits per heavy atom. The fourth-order valence-electron chi connectivity index (χ4n) is 4.34. The van der Waals surface area contributed by atoms with Gasteiger partial charge in [-0.2, -0.15) is 21.6 Å². The number of alkyl halides is 3. The van der Waals surface area contributed by atoms with Crippen molar-refractivity contribution in [2.24, 2.45) is 5.92 Å². The Hall–Kier alpha value is 0.930. The van der Waals surface area contributed by atoms with E-state index in [0.717, 1.165) is 14.3 Å². The summed E-state index contributed by atoms with van der Waals surface area (Å²) in [6, 6.07) is 5.62. The fourth-order valence-corrected chi connectivity index (χ4v) is 9.78. The molecule has 2 amide bonds. The lowest BCUT2D eigenvalue weighted by molar-refractivity contribution is -0.218. The summed E-state index contributed by atoms with van der Waals surface area (Å²) in [4.78, 5) is 39.6. The number of nitrogens with one attached hydrogen (secondary N) is 2. The van der Waals surface area contributed by atoms with Gasteiger partial charge in [-0.3, -0.25) is 18.9 Å². The van der Waals surface area contributed by atoms with Crippen molar-refractivity contribution in [1.29, 1.82) is 0 Å². The molecule has 0 saturated heterocycles. The highest BCUT2D eigenvalue weighted by Crippen LogP contribution is 2.31. The first-order chi connectivity index (χ1) is 19.7. The van der Waals surface area contributed by atoms with Crippen LogP contribution in [-0.4, -0.2) is 60.9 Å². The maximum absolute atomic E-state index is 13.5. The van der Waals surface area contributed by atoms with Crippen LogP contribution in [0.3, 0.4) is 0 Å². The summed E-state index contributed by atoms with van der Waals surface area (Å²) in [6.45, 7) is 0. The summed E-state index contributed by atoms with van der Waals surface area (Å²) in [5.74, 6) is -5.39. The molecule has 1 aliphatic carbocycles. The molecular formula is C24H19F3I6N2O7S. The monoisotopic (exact) mass is 1300 g/mol. The van der Waals surface area contributed by atoms with Crippen LogP contribution < -0.4 is 10.6 Å². The maximum atomic E-state index is 13.5. The van der Waals surface area contributed by atoms with Crippen LogP contribution in [0.15, 0.2) is 24.3 Å². The van der Waals surface area contributed by atoms with Crippen molar-refractivity contribution < 1.29 is 45.3 Å². The van der Waals surface area contributed by atoms with Gasteiger partial charge in [-0.25, -0.2) is 0 Å². The molecule has 43 heavy (non-hydrogen) atoms. The third-order valence-corrected chi connectivity index (χ3v) is 14.2. The third-order valence-electron chi connectivity index (χ3n) is 6.17. The van der Waals surface area contributed by atoms with Crippen molar-refractivity contribution in [3.05, 3.63) is 56.8 Å². The molecule has 0 aromatic heterocycles. The van der Waals surface area contributed by atoms with Gasteiger partial charge in [0.15, 0.2) is 0 Å². The van der Waals surface area contributed by atoms with Gasteiger partial charge in [-0.05, 0) is 179 Å². The number of amides is 2. The maximum Gasteiger partial charge on any atom is 0.426 e. The number of carbonyl (C=O) groups excluding carboxylic acids is 3. The Labute approximate surface area is 326 Å². The van der Waals surface area contributed by atoms with Gasteiger partial charge in [-0.15, -0.1) is 0 Å². The van der Waals surface area contributed by atoms with Crippen LogP contribution >= 0.6 is 136 Å².